The Hall–Kier alpha value is -2.74. The lowest BCUT2D eigenvalue weighted by atomic mass is 9.98. The Morgan fingerprint density at radius 3 is 2.70 bits per heavy atom. The summed E-state index contributed by atoms with van der Waals surface area (Å²) in [5.41, 5.74) is 0.900. The van der Waals surface area contributed by atoms with Crippen LogP contribution < -0.4 is 10.6 Å². The Morgan fingerprint density at radius 1 is 1.30 bits per heavy atom. The standard InChI is InChI=1S/C19H26N6O2/c1-4-24(2)18(27)15-7-5-6-14(12-15)17(26)22-19-21-16(23-25(19)3)13-8-10-20-11-9-13/h5-7,12-13,20H,4,8-11H2,1-3H3,(H,21,22,23,26). The second kappa shape index (κ2) is 8.30. The van der Waals surface area contributed by atoms with Crippen LogP contribution >= 0.6 is 0 Å². The summed E-state index contributed by atoms with van der Waals surface area (Å²) in [6.07, 6.45) is 1.99. The molecule has 3 rings (SSSR count). The number of aromatic nitrogens is 3. The van der Waals surface area contributed by atoms with Gasteiger partial charge in [-0.05, 0) is 51.1 Å². The highest BCUT2D eigenvalue weighted by atomic mass is 16.2. The summed E-state index contributed by atoms with van der Waals surface area (Å²) >= 11 is 0. The molecule has 2 N–H and O–H groups in total. The Bertz CT molecular complexity index is 825. The fourth-order valence-electron chi connectivity index (χ4n) is 3.10. The van der Waals surface area contributed by atoms with E-state index < -0.39 is 0 Å². The van der Waals surface area contributed by atoms with Crippen LogP contribution in [-0.4, -0.2) is 58.2 Å². The highest BCUT2D eigenvalue weighted by Crippen LogP contribution is 2.23. The highest BCUT2D eigenvalue weighted by molar-refractivity contribution is 6.05. The number of anilines is 1. The molecule has 0 aliphatic carbocycles. The van der Waals surface area contributed by atoms with Gasteiger partial charge in [-0.3, -0.25) is 14.9 Å². The number of benzene rings is 1. The van der Waals surface area contributed by atoms with Crippen molar-refractivity contribution in [2.24, 2.45) is 7.05 Å². The number of nitrogens with one attached hydrogen (secondary N) is 2. The van der Waals surface area contributed by atoms with Crippen LogP contribution in [0.4, 0.5) is 5.95 Å². The van der Waals surface area contributed by atoms with Crippen molar-refractivity contribution in [1.82, 2.24) is 25.0 Å². The predicted molar refractivity (Wildman–Crippen MR) is 103 cm³/mol. The Balaban J connectivity index is 1.74. The number of carbonyl (C=O) groups excluding carboxylic acids is 2. The predicted octanol–water partition coefficient (Wildman–Crippen LogP) is 1.63. The van der Waals surface area contributed by atoms with Gasteiger partial charge in [-0.25, -0.2) is 4.68 Å². The zero-order valence-corrected chi connectivity index (χ0v) is 16.0. The summed E-state index contributed by atoms with van der Waals surface area (Å²) in [6, 6.07) is 6.71. The van der Waals surface area contributed by atoms with E-state index in [0.29, 0.717) is 29.5 Å². The van der Waals surface area contributed by atoms with Gasteiger partial charge in [0.2, 0.25) is 5.95 Å². The number of hydrogen-bond donors (Lipinski definition) is 2. The van der Waals surface area contributed by atoms with Gasteiger partial charge in [0.15, 0.2) is 5.82 Å². The first-order valence-electron chi connectivity index (χ1n) is 9.28. The molecule has 8 nitrogen and oxygen atoms in total. The highest BCUT2D eigenvalue weighted by Gasteiger charge is 2.22. The van der Waals surface area contributed by atoms with Crippen LogP contribution in [0.3, 0.4) is 0 Å². The summed E-state index contributed by atoms with van der Waals surface area (Å²) < 4.78 is 1.59. The average Bonchev–Trinajstić information content (AvgIpc) is 3.07. The minimum absolute atomic E-state index is 0.112. The van der Waals surface area contributed by atoms with E-state index in [2.05, 4.69) is 20.7 Å². The Morgan fingerprint density at radius 2 is 2.00 bits per heavy atom. The van der Waals surface area contributed by atoms with Crippen LogP contribution in [0.1, 0.15) is 52.2 Å². The zero-order valence-electron chi connectivity index (χ0n) is 16.0. The van der Waals surface area contributed by atoms with Gasteiger partial charge in [0.25, 0.3) is 11.8 Å². The maximum atomic E-state index is 12.6. The maximum Gasteiger partial charge on any atom is 0.258 e. The van der Waals surface area contributed by atoms with Crippen LogP contribution in [0.15, 0.2) is 24.3 Å². The fraction of sp³-hybridized carbons (Fsp3) is 0.474. The third kappa shape index (κ3) is 4.33. The van der Waals surface area contributed by atoms with Gasteiger partial charge in [0.05, 0.1) is 0 Å². The number of nitrogens with zero attached hydrogens (tertiary/aromatic N) is 4. The van der Waals surface area contributed by atoms with Crippen LogP contribution in [0.2, 0.25) is 0 Å². The summed E-state index contributed by atoms with van der Waals surface area (Å²) in [4.78, 5) is 31.1. The molecule has 1 fully saturated rings. The lowest BCUT2D eigenvalue weighted by Crippen LogP contribution is -2.27. The number of piperidine rings is 1. The number of amides is 2. The van der Waals surface area contributed by atoms with Crippen molar-refractivity contribution in [2.75, 3.05) is 32.0 Å². The molecule has 0 atom stereocenters. The smallest absolute Gasteiger partial charge is 0.258 e. The lowest BCUT2D eigenvalue weighted by Gasteiger charge is -2.19. The van der Waals surface area contributed by atoms with Gasteiger partial charge >= 0.3 is 0 Å². The number of aryl methyl sites for hydroxylation is 1. The molecule has 0 unspecified atom stereocenters. The van der Waals surface area contributed by atoms with Crippen LogP contribution in [0.25, 0.3) is 0 Å². The quantitative estimate of drug-likeness (QED) is 0.835. The Labute approximate surface area is 159 Å². The molecule has 0 radical (unpaired) electrons. The van der Waals surface area contributed by atoms with E-state index in [1.807, 2.05) is 6.92 Å². The molecule has 27 heavy (non-hydrogen) atoms. The summed E-state index contributed by atoms with van der Waals surface area (Å²) in [5, 5.41) is 10.6. The molecule has 0 spiro atoms. The van der Waals surface area contributed by atoms with E-state index in [-0.39, 0.29) is 11.8 Å². The summed E-state index contributed by atoms with van der Waals surface area (Å²) in [7, 11) is 3.50. The van der Waals surface area contributed by atoms with Gasteiger partial charge in [-0.1, -0.05) is 6.07 Å². The molecule has 1 saturated heterocycles. The van der Waals surface area contributed by atoms with Gasteiger partial charge in [-0.15, -0.1) is 0 Å². The van der Waals surface area contributed by atoms with Crippen molar-refractivity contribution in [3.63, 3.8) is 0 Å². The van der Waals surface area contributed by atoms with Crippen LogP contribution in [-0.2, 0) is 7.05 Å². The third-order valence-corrected chi connectivity index (χ3v) is 4.90. The lowest BCUT2D eigenvalue weighted by molar-refractivity contribution is 0.0802. The van der Waals surface area contributed by atoms with E-state index >= 15 is 0 Å². The first-order valence-corrected chi connectivity index (χ1v) is 9.28. The topological polar surface area (TPSA) is 92.2 Å². The molecule has 1 aliphatic rings. The van der Waals surface area contributed by atoms with E-state index in [4.69, 9.17) is 0 Å². The third-order valence-electron chi connectivity index (χ3n) is 4.90. The average molecular weight is 370 g/mol. The Kier molecular flexibility index (Phi) is 5.85. The zero-order chi connectivity index (χ0) is 19.4. The van der Waals surface area contributed by atoms with Crippen molar-refractivity contribution in [3.8, 4) is 0 Å². The van der Waals surface area contributed by atoms with Crippen molar-refractivity contribution in [3.05, 3.63) is 41.2 Å². The van der Waals surface area contributed by atoms with Gasteiger partial charge < -0.3 is 10.2 Å². The molecule has 1 aromatic carbocycles. The van der Waals surface area contributed by atoms with Crippen LogP contribution in [0.5, 0.6) is 0 Å². The molecular formula is C19H26N6O2. The molecule has 0 bridgehead atoms. The minimum Gasteiger partial charge on any atom is -0.342 e. The summed E-state index contributed by atoms with van der Waals surface area (Å²) in [6.45, 7) is 4.42. The molecule has 1 aliphatic heterocycles. The van der Waals surface area contributed by atoms with Crippen molar-refractivity contribution in [1.29, 1.82) is 0 Å². The minimum atomic E-state index is -0.309. The molecule has 2 heterocycles. The molecular weight excluding hydrogens is 344 g/mol. The second-order valence-electron chi connectivity index (χ2n) is 6.80. The first kappa shape index (κ1) is 19.0. The first-order chi connectivity index (χ1) is 13.0. The van der Waals surface area contributed by atoms with Crippen molar-refractivity contribution >= 4 is 17.8 Å². The van der Waals surface area contributed by atoms with E-state index in [9.17, 15) is 9.59 Å². The second-order valence-corrected chi connectivity index (χ2v) is 6.80. The van der Waals surface area contributed by atoms with E-state index in [1.54, 1.807) is 47.9 Å². The molecule has 1 aromatic heterocycles. The number of carbonyl (C=O) groups is 2. The molecule has 2 amide bonds. The van der Waals surface area contributed by atoms with Crippen molar-refractivity contribution in [2.45, 2.75) is 25.7 Å². The van der Waals surface area contributed by atoms with Gasteiger partial charge in [0.1, 0.15) is 0 Å². The van der Waals surface area contributed by atoms with Gasteiger partial charge in [0, 0.05) is 37.7 Å². The SMILES string of the molecule is CCN(C)C(=O)c1cccc(C(=O)Nc2nc(C3CCNCC3)nn2C)c1. The normalized spacial score (nSPS) is 14.8. The van der Waals surface area contributed by atoms with E-state index in [1.165, 1.54) is 0 Å². The summed E-state index contributed by atoms with van der Waals surface area (Å²) in [5.74, 6) is 1.07. The van der Waals surface area contributed by atoms with Crippen molar-refractivity contribution < 1.29 is 9.59 Å². The number of hydrogen-bond acceptors (Lipinski definition) is 5. The monoisotopic (exact) mass is 370 g/mol. The largest absolute Gasteiger partial charge is 0.342 e. The molecule has 144 valence electrons. The fourth-order valence-corrected chi connectivity index (χ4v) is 3.10. The number of rotatable bonds is 5. The molecule has 0 saturated carbocycles. The van der Waals surface area contributed by atoms with E-state index in [0.717, 1.165) is 31.8 Å². The van der Waals surface area contributed by atoms with Crippen LogP contribution in [0, 0.1) is 0 Å². The maximum absolute atomic E-state index is 12.6. The van der Waals surface area contributed by atoms with Gasteiger partial charge in [-0.2, -0.15) is 10.1 Å². The molecule has 8 heteroatoms. The molecule has 2 aromatic rings.